The highest BCUT2D eigenvalue weighted by atomic mass is 16.5. The van der Waals surface area contributed by atoms with E-state index >= 15 is 0 Å². The van der Waals surface area contributed by atoms with Crippen LogP contribution in [0.15, 0.2) is 77.9 Å². The number of rotatable bonds is 3. The summed E-state index contributed by atoms with van der Waals surface area (Å²) < 4.78 is 6.87. The number of hydrogen-bond donors (Lipinski definition) is 3. The molecule has 32 heavy (non-hydrogen) atoms. The van der Waals surface area contributed by atoms with E-state index < -0.39 is 0 Å². The van der Waals surface area contributed by atoms with E-state index in [0.29, 0.717) is 22.6 Å². The van der Waals surface area contributed by atoms with E-state index in [4.69, 9.17) is 9.72 Å². The molecule has 3 N–H and O–H groups in total. The molecule has 0 aliphatic carbocycles. The van der Waals surface area contributed by atoms with Crippen LogP contribution in [0.5, 0.6) is 23.0 Å². The van der Waals surface area contributed by atoms with Crippen LogP contribution in [0, 0.1) is 0 Å². The summed E-state index contributed by atoms with van der Waals surface area (Å²) in [5, 5.41) is 31.7. The summed E-state index contributed by atoms with van der Waals surface area (Å²) in [7, 11) is 1.59. The Hall–Kier alpha value is -4.59. The van der Waals surface area contributed by atoms with Crippen LogP contribution in [0.1, 0.15) is 0 Å². The zero-order valence-electron chi connectivity index (χ0n) is 17.0. The normalized spacial score (nSPS) is 11.8. The van der Waals surface area contributed by atoms with Crippen LogP contribution >= 0.6 is 0 Å². The Labute approximate surface area is 182 Å². The first-order valence-corrected chi connectivity index (χ1v) is 9.76. The van der Waals surface area contributed by atoms with E-state index in [-0.39, 0.29) is 28.6 Å². The fourth-order valence-electron chi connectivity index (χ4n) is 3.63. The second-order valence-electron chi connectivity index (χ2n) is 7.09. The fourth-order valence-corrected chi connectivity index (χ4v) is 3.63. The number of para-hydroxylation sites is 1. The second kappa shape index (κ2) is 7.59. The Balaban J connectivity index is 1.91. The van der Waals surface area contributed by atoms with Crippen LogP contribution in [-0.4, -0.2) is 36.8 Å². The van der Waals surface area contributed by atoms with Crippen molar-refractivity contribution in [2.24, 2.45) is 4.99 Å². The Morgan fingerprint density at radius 3 is 2.34 bits per heavy atom. The number of hydrogen-bond acceptors (Lipinski definition) is 7. The molecule has 8 nitrogen and oxygen atoms in total. The zero-order valence-corrected chi connectivity index (χ0v) is 17.0. The summed E-state index contributed by atoms with van der Waals surface area (Å²) in [6, 6.07) is 18.8. The van der Waals surface area contributed by atoms with E-state index in [2.05, 4.69) is 9.98 Å². The monoisotopic (exact) mass is 426 g/mol. The molecule has 0 fully saturated rings. The van der Waals surface area contributed by atoms with Crippen molar-refractivity contribution in [1.82, 2.24) is 14.4 Å². The highest BCUT2D eigenvalue weighted by molar-refractivity contribution is 5.95. The first-order valence-electron chi connectivity index (χ1n) is 9.76. The SMILES string of the molecule is COc1ccc(N=c2nccc3c4ccccc4nc(-c4c(O)cc(O)cc4O)n23)cc1. The number of ether oxygens (including phenoxy) is 1. The number of phenols is 3. The van der Waals surface area contributed by atoms with Crippen LogP contribution in [0.3, 0.4) is 0 Å². The first-order chi connectivity index (χ1) is 15.5. The van der Waals surface area contributed by atoms with Crippen molar-refractivity contribution in [3.8, 4) is 34.4 Å². The molecule has 5 rings (SSSR count). The van der Waals surface area contributed by atoms with Crippen molar-refractivity contribution in [3.63, 3.8) is 0 Å². The maximum atomic E-state index is 10.6. The summed E-state index contributed by atoms with van der Waals surface area (Å²) in [4.78, 5) is 13.8. The van der Waals surface area contributed by atoms with E-state index in [9.17, 15) is 15.3 Å². The molecule has 3 aromatic carbocycles. The molecule has 0 radical (unpaired) electrons. The number of phenolic OH excluding ortho intramolecular Hbond substituents is 3. The molecule has 0 aliphatic rings. The zero-order chi connectivity index (χ0) is 22.2. The quantitative estimate of drug-likeness (QED) is 0.377. The highest BCUT2D eigenvalue weighted by Gasteiger charge is 2.19. The predicted molar refractivity (Wildman–Crippen MR) is 119 cm³/mol. The van der Waals surface area contributed by atoms with Gasteiger partial charge in [-0.3, -0.25) is 4.40 Å². The lowest BCUT2D eigenvalue weighted by molar-refractivity contribution is 0.415. The molecule has 8 heteroatoms. The molecule has 158 valence electrons. The van der Waals surface area contributed by atoms with Crippen LogP contribution in [0.4, 0.5) is 5.69 Å². The molecule has 0 unspecified atom stereocenters. The van der Waals surface area contributed by atoms with Gasteiger partial charge in [0.05, 0.1) is 23.8 Å². The molecule has 5 aromatic rings. The summed E-state index contributed by atoms with van der Waals surface area (Å²) in [5.74, 6) is 0.0283. The molecule has 0 saturated heterocycles. The van der Waals surface area contributed by atoms with Crippen LogP contribution < -0.4 is 10.4 Å². The van der Waals surface area contributed by atoms with Crippen molar-refractivity contribution >= 4 is 22.1 Å². The van der Waals surface area contributed by atoms with E-state index in [0.717, 1.165) is 23.0 Å². The smallest absolute Gasteiger partial charge is 0.236 e. The molecule has 2 heterocycles. The average Bonchev–Trinajstić information content (AvgIpc) is 2.79. The van der Waals surface area contributed by atoms with Gasteiger partial charge in [-0.25, -0.2) is 15.0 Å². The minimum atomic E-state index is -0.321. The minimum absolute atomic E-state index is 0.0581. The maximum Gasteiger partial charge on any atom is 0.236 e. The summed E-state index contributed by atoms with van der Waals surface area (Å²) >= 11 is 0. The minimum Gasteiger partial charge on any atom is -0.508 e. The first kappa shape index (κ1) is 19.4. The Bertz CT molecular complexity index is 1520. The van der Waals surface area contributed by atoms with Crippen molar-refractivity contribution in [1.29, 1.82) is 0 Å². The Morgan fingerprint density at radius 1 is 0.906 bits per heavy atom. The van der Waals surface area contributed by atoms with Gasteiger partial charge in [-0.15, -0.1) is 0 Å². The molecule has 0 bridgehead atoms. The maximum absolute atomic E-state index is 10.6. The number of aromatic hydroxyl groups is 3. The Kier molecular flexibility index (Phi) is 4.59. The van der Waals surface area contributed by atoms with Gasteiger partial charge in [0.1, 0.15) is 28.6 Å². The van der Waals surface area contributed by atoms with Crippen LogP contribution in [0.2, 0.25) is 0 Å². The Morgan fingerprint density at radius 2 is 1.62 bits per heavy atom. The van der Waals surface area contributed by atoms with E-state index in [1.165, 1.54) is 0 Å². The topological polar surface area (TPSA) is 112 Å². The van der Waals surface area contributed by atoms with Gasteiger partial charge in [0.2, 0.25) is 5.62 Å². The van der Waals surface area contributed by atoms with Gasteiger partial charge < -0.3 is 20.1 Å². The molecular formula is C24H18N4O4. The van der Waals surface area contributed by atoms with Gasteiger partial charge in [0.25, 0.3) is 0 Å². The lowest BCUT2D eigenvalue weighted by Gasteiger charge is -2.14. The van der Waals surface area contributed by atoms with Gasteiger partial charge in [-0.2, -0.15) is 0 Å². The lowest BCUT2D eigenvalue weighted by Crippen LogP contribution is -2.21. The summed E-state index contributed by atoms with van der Waals surface area (Å²) in [6.07, 6.45) is 1.64. The van der Waals surface area contributed by atoms with Gasteiger partial charge in [0.15, 0.2) is 5.82 Å². The van der Waals surface area contributed by atoms with Gasteiger partial charge in [-0.05, 0) is 36.4 Å². The van der Waals surface area contributed by atoms with Crippen molar-refractivity contribution < 1.29 is 20.1 Å². The predicted octanol–water partition coefficient (Wildman–Crippen LogP) is 3.91. The van der Waals surface area contributed by atoms with Crippen molar-refractivity contribution in [3.05, 3.63) is 78.5 Å². The van der Waals surface area contributed by atoms with Gasteiger partial charge in [-0.1, -0.05) is 18.2 Å². The fraction of sp³-hybridized carbons (Fsp3) is 0.0417. The second-order valence-corrected chi connectivity index (χ2v) is 7.09. The number of fused-ring (bicyclic) bond motifs is 3. The third-order valence-electron chi connectivity index (χ3n) is 5.09. The highest BCUT2D eigenvalue weighted by Crippen LogP contribution is 2.40. The molecule has 0 atom stereocenters. The van der Waals surface area contributed by atoms with E-state index in [1.54, 1.807) is 42.0 Å². The van der Waals surface area contributed by atoms with Crippen LogP contribution in [0.25, 0.3) is 27.8 Å². The average molecular weight is 426 g/mol. The van der Waals surface area contributed by atoms with Crippen LogP contribution in [-0.2, 0) is 0 Å². The summed E-state index contributed by atoms with van der Waals surface area (Å²) in [6.45, 7) is 0. The van der Waals surface area contributed by atoms with Crippen molar-refractivity contribution in [2.45, 2.75) is 0 Å². The number of nitrogens with zero attached hydrogens (tertiary/aromatic N) is 4. The molecule has 0 saturated carbocycles. The third kappa shape index (κ3) is 3.24. The van der Waals surface area contributed by atoms with Gasteiger partial charge >= 0.3 is 0 Å². The summed E-state index contributed by atoms with van der Waals surface area (Å²) in [5.41, 5.74) is 2.39. The third-order valence-corrected chi connectivity index (χ3v) is 5.09. The molecule has 0 amide bonds. The largest absolute Gasteiger partial charge is 0.508 e. The standard InChI is InChI=1S/C24H18N4O4/c1-32-16-8-6-14(7-9-16)26-24-25-11-10-19-17-4-2-3-5-18(17)27-23(28(19)24)22-20(30)12-15(29)13-21(22)31/h2-13,29-31H,1H3. The molecule has 2 aromatic heterocycles. The molecule has 0 spiro atoms. The number of aromatic nitrogens is 3. The molecular weight excluding hydrogens is 408 g/mol. The van der Waals surface area contributed by atoms with E-state index in [1.807, 2.05) is 30.3 Å². The van der Waals surface area contributed by atoms with Crippen molar-refractivity contribution in [2.75, 3.05) is 7.11 Å². The number of benzene rings is 3. The number of methoxy groups -OCH3 is 1. The lowest BCUT2D eigenvalue weighted by atomic mass is 10.1. The van der Waals surface area contributed by atoms with Gasteiger partial charge in [0, 0.05) is 23.7 Å². The molecule has 0 aliphatic heterocycles.